The van der Waals surface area contributed by atoms with E-state index in [9.17, 15) is 115 Å². The minimum Gasteiger partial charge on any atom is -0.756 e. The van der Waals surface area contributed by atoms with E-state index in [0.29, 0.717) is 0 Å². The maximum absolute atomic E-state index is 12.5. The second-order valence-electron chi connectivity index (χ2n) is 17.0. The Morgan fingerprint density at radius 2 is 1.14 bits per heavy atom. The first-order chi connectivity index (χ1) is 34.1. The molecule has 0 aliphatic carbocycles. The van der Waals surface area contributed by atoms with Gasteiger partial charge in [-0.1, -0.05) is 0 Å². The summed E-state index contributed by atoms with van der Waals surface area (Å²) < 4.78 is 42.2. The predicted molar refractivity (Wildman–Crippen MR) is 225 cm³/mol. The highest BCUT2D eigenvalue weighted by molar-refractivity contribution is 7.46. The zero-order valence-corrected chi connectivity index (χ0v) is 38.9. The number of nitrogen functional groups attached to an aromatic ring is 1. The molecule has 0 spiro atoms. The van der Waals surface area contributed by atoms with Crippen LogP contribution < -0.4 is 27.8 Å². The Bertz CT molecular complexity index is 2080. The molecule has 26 N–H and O–H groups in total. The molecule has 0 bridgehead atoms. The smallest absolute Gasteiger partial charge is 0.364 e. The third-order valence-electron chi connectivity index (χ3n) is 11.6. The topological polar surface area (TPSA) is 664 Å². The van der Waals surface area contributed by atoms with Gasteiger partial charge in [-0.25, -0.2) is 19.2 Å². The van der Waals surface area contributed by atoms with E-state index in [1.807, 2.05) is 0 Å². The Balaban J connectivity index is 0.000000333. The van der Waals surface area contributed by atoms with Crippen LogP contribution in [0.2, 0.25) is 0 Å². The van der Waals surface area contributed by atoms with Crippen LogP contribution in [-0.4, -0.2) is 283 Å². The number of aromatic nitrogens is 2. The number of aliphatic carboxylic acids is 3. The van der Waals surface area contributed by atoms with E-state index in [2.05, 4.69) is 23.5 Å². The number of nitrogens with zero attached hydrogens (tertiary/aromatic N) is 2. The molecule has 0 aromatic carbocycles. The van der Waals surface area contributed by atoms with Crippen LogP contribution in [-0.2, 0) is 46.9 Å². The van der Waals surface area contributed by atoms with Crippen molar-refractivity contribution in [1.82, 2.24) is 9.55 Å². The summed E-state index contributed by atoms with van der Waals surface area (Å²) in [4.78, 5) is 61.5. The summed E-state index contributed by atoms with van der Waals surface area (Å²) in [5.74, 6) is -14.6. The van der Waals surface area contributed by atoms with Crippen LogP contribution in [0, 0.1) is 0 Å². The number of rotatable bonds is 18. The lowest BCUT2D eigenvalue weighted by molar-refractivity contribution is -0.325. The largest absolute Gasteiger partial charge is 0.756 e. The Hall–Kier alpha value is -3.72. The molecule has 1 aromatic heterocycles. The molecule has 38 heteroatoms. The zero-order chi connectivity index (χ0) is 56.7. The predicted octanol–water partition coefficient (Wildman–Crippen LogP) is -14.1. The Morgan fingerprint density at radius 3 is 1.53 bits per heavy atom. The van der Waals surface area contributed by atoms with E-state index in [1.165, 1.54) is 6.07 Å². The monoisotopic (exact) mass is 1110 g/mol. The lowest BCUT2D eigenvalue weighted by Crippen LogP contribution is -2.64. The molecule has 4 fully saturated rings. The first-order valence-corrected chi connectivity index (χ1v) is 22.9. The highest BCUT2D eigenvalue weighted by atomic mass is 31.2. The van der Waals surface area contributed by atoms with Gasteiger partial charge in [0.05, 0.1) is 43.7 Å². The molecule has 23 atom stereocenters. The fourth-order valence-electron chi connectivity index (χ4n) is 7.34. The third kappa shape index (κ3) is 15.1. The normalized spacial score (nSPS) is 38.5. The van der Waals surface area contributed by atoms with E-state index in [0.717, 1.165) is 10.8 Å². The van der Waals surface area contributed by atoms with Crippen molar-refractivity contribution in [3.63, 3.8) is 0 Å². The zero-order valence-electron chi connectivity index (χ0n) is 38.0. The number of carboxylic acids is 3. The van der Waals surface area contributed by atoms with E-state index in [-0.39, 0.29) is 12.4 Å². The summed E-state index contributed by atoms with van der Waals surface area (Å²) in [6.07, 6.45) is -35.0. The summed E-state index contributed by atoms with van der Waals surface area (Å²) in [6.45, 7) is -2.85. The number of phosphoric ester groups is 1. The average Bonchev–Trinajstić information content (AvgIpc) is 3.61. The van der Waals surface area contributed by atoms with Crippen LogP contribution in [0.3, 0.4) is 0 Å². The fourth-order valence-corrected chi connectivity index (χ4v) is 8.28. The summed E-state index contributed by atoms with van der Waals surface area (Å²) >= 11 is 0. The molecule has 74 heavy (non-hydrogen) atoms. The number of carboxylic acid groups (broad SMARTS) is 3. The van der Waals surface area contributed by atoms with Gasteiger partial charge in [0.1, 0.15) is 85.2 Å². The van der Waals surface area contributed by atoms with E-state index in [1.54, 1.807) is 0 Å². The van der Waals surface area contributed by atoms with Gasteiger partial charge in [-0.2, -0.15) is 4.98 Å². The summed E-state index contributed by atoms with van der Waals surface area (Å²) in [6, 6.07) is 1.20. The van der Waals surface area contributed by atoms with Gasteiger partial charge in [0.2, 0.25) is 0 Å². The lowest BCUT2D eigenvalue weighted by Gasteiger charge is -2.46. The van der Waals surface area contributed by atoms with Crippen LogP contribution in [0.5, 0.6) is 0 Å². The van der Waals surface area contributed by atoms with Crippen LogP contribution in [0.1, 0.15) is 25.5 Å². The minimum absolute atomic E-state index is 0.133. The molecule has 37 nitrogen and oxygen atoms in total. The van der Waals surface area contributed by atoms with Crippen molar-refractivity contribution in [2.45, 2.75) is 153 Å². The molecule has 5 rings (SSSR count). The molecule has 0 amide bonds. The number of hydrogen-bond acceptors (Lipinski definition) is 33. The third-order valence-corrected chi connectivity index (χ3v) is 12.6. The molecule has 1 aromatic rings. The number of ether oxygens (including phenoxy) is 4. The molecular weight excluding hydrogens is 1050 g/mol. The second-order valence-corrected chi connectivity index (χ2v) is 18.4. The van der Waals surface area contributed by atoms with Crippen molar-refractivity contribution >= 4 is 31.5 Å². The maximum Gasteiger partial charge on any atom is 0.364 e. The Kier molecular flexibility index (Phi) is 22.8. The van der Waals surface area contributed by atoms with E-state index < -0.39 is 204 Å². The Morgan fingerprint density at radius 1 is 0.716 bits per heavy atom. The van der Waals surface area contributed by atoms with Gasteiger partial charge in [-0.05, 0) is 6.07 Å². The van der Waals surface area contributed by atoms with Gasteiger partial charge < -0.3 is 148 Å². The number of aliphatic hydroxyl groups excluding tert-OH is 15. The van der Waals surface area contributed by atoms with E-state index >= 15 is 0 Å². The van der Waals surface area contributed by atoms with Gasteiger partial charge in [0, 0.05) is 38.5 Å². The van der Waals surface area contributed by atoms with Gasteiger partial charge in [-0.15, -0.1) is 0 Å². The van der Waals surface area contributed by atoms with Crippen molar-refractivity contribution in [2.75, 3.05) is 32.0 Å². The first-order valence-electron chi connectivity index (χ1n) is 21.5. The summed E-state index contributed by atoms with van der Waals surface area (Å²) in [5, 5.41) is 191. The molecule has 5 unspecified atom stereocenters. The van der Waals surface area contributed by atoms with Crippen LogP contribution in [0.15, 0.2) is 17.1 Å². The van der Waals surface area contributed by atoms with Crippen LogP contribution in [0.25, 0.3) is 0 Å². The number of hydrogen-bond donors (Lipinski definition) is 23. The van der Waals surface area contributed by atoms with Gasteiger partial charge in [-0.3, -0.25) is 13.7 Å². The van der Waals surface area contributed by atoms with Gasteiger partial charge in [0.15, 0.2) is 6.23 Å². The average molecular weight is 1110 g/mol. The van der Waals surface area contributed by atoms with Crippen molar-refractivity contribution < 1.29 is 154 Å². The maximum atomic E-state index is 12.5. The Labute approximate surface area is 413 Å². The molecule has 4 saturated heterocycles. The molecule has 0 radical (unpaired) electrons. The molecule has 0 saturated carbocycles. The molecule has 5 heterocycles. The van der Waals surface area contributed by atoms with Crippen molar-refractivity contribution in [2.24, 2.45) is 11.5 Å². The number of nitrogens with two attached hydrogens (primary N) is 3. The van der Waals surface area contributed by atoms with Gasteiger partial charge in [0.25, 0.3) is 25.2 Å². The molecule has 4 aliphatic rings. The van der Waals surface area contributed by atoms with Gasteiger partial charge >= 0.3 is 23.6 Å². The highest BCUT2D eigenvalue weighted by Gasteiger charge is 2.58. The van der Waals surface area contributed by atoms with Crippen LogP contribution in [0.4, 0.5) is 5.82 Å². The summed E-state index contributed by atoms with van der Waals surface area (Å²) in [5.41, 5.74) is 14.8. The second kappa shape index (κ2) is 26.1. The molecule has 428 valence electrons. The van der Waals surface area contributed by atoms with Crippen molar-refractivity contribution in [3.8, 4) is 0 Å². The lowest BCUT2D eigenvalue weighted by atomic mass is 9.91. The quantitative estimate of drug-likeness (QED) is 0.0607. The summed E-state index contributed by atoms with van der Waals surface area (Å²) in [7, 11) is -5.71. The number of anilines is 1. The molecule has 4 aliphatic heterocycles. The highest BCUT2D eigenvalue weighted by Crippen LogP contribution is 2.48. The first kappa shape index (κ1) is 64.6. The minimum atomic E-state index is -5.71. The number of aliphatic hydroxyl groups is 17. The fraction of sp³-hybridized carbons (Fsp3) is 0.806. The van der Waals surface area contributed by atoms with Crippen molar-refractivity contribution in [3.05, 3.63) is 22.7 Å². The number of carbonyl (C=O) groups is 3. The standard InChI is InChI=1S/C18H29N4O15P.C9H17NO8.C9H16O9/c19-4-7(24)11(26)14-10(25)6(23)3-18(36-14,16(29)30)37-38(32,33)34-5-8-12(27)13(28)15(35-8)22-2-1-9(20)21-17(22)31;2*10-2-4(12)6(14)7-5(13)3(11)1-9(17,18-7)8(15)16/h1-2,6-8,10-15,23-28H,3-5,19H2,(H,29,30)(H,32,33)(H2,20,21,31);3-7,11-14,17H,1-2,10H2,(H,15,16);3-7,10-14,17H,1-2H2,(H,15,16)/p-1/t6-,7-,8-,10-,11-,12+,13?,14?,15-,18-;2*3-,4-,5-,6-,7?,9+/m111/s1. The van der Waals surface area contributed by atoms with E-state index in [4.69, 9.17) is 42.0 Å². The SMILES string of the molecule is NC[C@@H](O)[C@@H](O)C1O[C@](O)(C(=O)O)C[C@@H](O)[C@H]1O.NC[C@@H](O)[C@@H](O)C1O[C@](OP(=O)([O-])OC[C@H]2O[C@@H](n3ccc(N)nc3=O)C(O)[C@H]2O)(C(=O)O)C[C@@H](O)[C@H]1O.O=C(O)[C@]1(O)C[C@@H](O)[C@@H](O)C([C@H](O)[C@H](O)CO)O1. The van der Waals surface area contributed by atoms with Crippen LogP contribution >= 0.6 is 7.82 Å². The molecular formula is C36H61N5O32P-. The number of phosphoric acid groups is 1. The van der Waals surface area contributed by atoms with Crippen molar-refractivity contribution in [1.29, 1.82) is 0 Å².